The van der Waals surface area contributed by atoms with Crippen LogP contribution in [0.4, 0.5) is 34.9 Å². The Balaban J connectivity index is 0.000000210. The van der Waals surface area contributed by atoms with Gasteiger partial charge in [0.25, 0.3) is 11.8 Å². The average molecular weight is 1260 g/mol. The standard InChI is InChI=1S/C25H24N4O3.C23H22N4O2.C20H22O4.C5H4N4/c1-16(30)32-22(23(31)29-21-14-27-24(26-5)28-15-21)19-8-6-7-18(13-19)17-9-11-20(12-10-17)25(2,3)4;1-23(2,3)18-10-8-15(9-11-18)16-6-5-7-17(12-16)20(28)21(29)27-19-13-25-22(24-4)26-14-19;1-13(21)24-18(19(22)23)16-7-5-6-15(12-16)14-8-10-17(11-9-14)20(2,3)4;1-7-5-8-2-4(6)3-9-5/h6-15,22H,1-4H3,(H,29,31);5-14,20,28H,1-3H3,(H,27,29);5-12,18H,1-4H3,(H,22,23);2-3H,6H2. The molecular weight excluding hydrogens is 1190 g/mol. The van der Waals surface area contributed by atoms with Crippen LogP contribution in [0.3, 0.4) is 0 Å². The number of rotatable bonds is 13. The smallest absolute Gasteiger partial charge is 0.371 e. The van der Waals surface area contributed by atoms with Crippen molar-refractivity contribution < 1.29 is 43.7 Å². The number of aromatic nitrogens is 6. The van der Waals surface area contributed by atoms with E-state index in [0.29, 0.717) is 33.8 Å². The first-order chi connectivity index (χ1) is 44.4. The predicted octanol–water partition coefficient (Wildman–Crippen LogP) is 14.8. The van der Waals surface area contributed by atoms with Gasteiger partial charge in [-0.1, -0.05) is 190 Å². The zero-order valence-corrected chi connectivity index (χ0v) is 53.9. The monoisotopic (exact) mass is 1260 g/mol. The van der Waals surface area contributed by atoms with Crippen molar-refractivity contribution in [3.8, 4) is 33.4 Å². The van der Waals surface area contributed by atoms with Gasteiger partial charge in [0.15, 0.2) is 6.10 Å². The largest absolute Gasteiger partial charge is 0.478 e. The lowest BCUT2D eigenvalue weighted by atomic mass is 9.86. The fraction of sp³-hybridized carbons (Fsp3) is 0.233. The number of anilines is 3. The summed E-state index contributed by atoms with van der Waals surface area (Å²) in [6, 6.07) is 46.4. The second-order valence-electron chi connectivity index (χ2n) is 24.3. The number of nitrogens with two attached hydrogens (primary N) is 1. The van der Waals surface area contributed by atoms with Gasteiger partial charge in [-0.3, -0.25) is 19.2 Å². The van der Waals surface area contributed by atoms with E-state index in [-0.39, 0.29) is 34.1 Å². The number of nitrogen functional groups attached to an aromatic ring is 1. The Morgan fingerprint density at radius 1 is 0.436 bits per heavy atom. The van der Waals surface area contributed by atoms with E-state index in [2.05, 4.69) is 154 Å². The molecule has 2 amide bonds. The number of hydrogen-bond acceptors (Lipinski definition) is 15. The maximum absolute atomic E-state index is 12.9. The van der Waals surface area contributed by atoms with Crippen molar-refractivity contribution in [3.05, 3.63) is 250 Å². The normalized spacial score (nSPS) is 11.8. The van der Waals surface area contributed by atoms with Crippen molar-refractivity contribution >= 4 is 64.6 Å². The quantitative estimate of drug-likeness (QED) is 0.0530. The van der Waals surface area contributed by atoms with E-state index in [1.54, 1.807) is 36.4 Å². The lowest BCUT2D eigenvalue weighted by Crippen LogP contribution is -2.25. The summed E-state index contributed by atoms with van der Waals surface area (Å²) in [6.07, 6.45) is 4.34. The Morgan fingerprint density at radius 3 is 1.05 bits per heavy atom. The van der Waals surface area contributed by atoms with E-state index in [4.69, 9.17) is 34.9 Å². The van der Waals surface area contributed by atoms with E-state index in [0.717, 1.165) is 33.4 Å². The summed E-state index contributed by atoms with van der Waals surface area (Å²) >= 11 is 0. The van der Waals surface area contributed by atoms with Gasteiger partial charge in [-0.05, 0) is 90.1 Å². The number of aliphatic hydroxyl groups excluding tert-OH is 1. The zero-order chi connectivity index (χ0) is 68.9. The Bertz CT molecular complexity index is 4220. The minimum absolute atomic E-state index is 0.00581. The fourth-order valence-electron chi connectivity index (χ4n) is 8.85. The van der Waals surface area contributed by atoms with Gasteiger partial charge in [0, 0.05) is 25.0 Å². The van der Waals surface area contributed by atoms with Gasteiger partial charge in [0.1, 0.15) is 48.6 Å². The third-order valence-electron chi connectivity index (χ3n) is 13.9. The van der Waals surface area contributed by atoms with E-state index < -0.39 is 48.0 Å². The molecule has 0 fully saturated rings. The highest BCUT2D eigenvalue weighted by Gasteiger charge is 2.27. The van der Waals surface area contributed by atoms with Crippen molar-refractivity contribution in [1.82, 2.24) is 29.9 Å². The van der Waals surface area contributed by atoms with Crippen molar-refractivity contribution in [2.45, 2.75) is 111 Å². The van der Waals surface area contributed by atoms with Crippen LogP contribution < -0.4 is 16.4 Å². The first-order valence-electron chi connectivity index (χ1n) is 29.3. The van der Waals surface area contributed by atoms with E-state index in [1.165, 1.54) is 67.7 Å². The number of esters is 2. The molecule has 3 unspecified atom stereocenters. The van der Waals surface area contributed by atoms with Crippen LogP contribution in [0, 0.1) is 19.7 Å². The summed E-state index contributed by atoms with van der Waals surface area (Å²) in [5.41, 5.74) is 17.4. The number of amides is 2. The van der Waals surface area contributed by atoms with Crippen molar-refractivity contribution in [2.75, 3.05) is 16.4 Å². The average Bonchev–Trinajstić information content (AvgIpc) is 0.844. The summed E-state index contributed by atoms with van der Waals surface area (Å²) < 4.78 is 10.2. The van der Waals surface area contributed by atoms with Crippen LogP contribution in [0.25, 0.3) is 47.9 Å². The Kier molecular flexibility index (Phi) is 24.4. The van der Waals surface area contributed by atoms with Crippen LogP contribution in [0.2, 0.25) is 0 Å². The lowest BCUT2D eigenvalue weighted by molar-refractivity contribution is -0.163. The molecule has 21 heteroatoms. The molecule has 0 saturated carbocycles. The van der Waals surface area contributed by atoms with Crippen molar-refractivity contribution in [1.29, 1.82) is 0 Å². The summed E-state index contributed by atoms with van der Waals surface area (Å²) in [7, 11) is 0. The van der Waals surface area contributed by atoms with Gasteiger partial charge in [0.2, 0.25) is 12.2 Å². The number of carboxylic acid groups (broad SMARTS) is 1. The molecule has 3 aromatic heterocycles. The second kappa shape index (κ2) is 32.2. The number of carbonyl (C=O) groups excluding carboxylic acids is 4. The van der Waals surface area contributed by atoms with Crippen LogP contribution in [0.15, 0.2) is 183 Å². The highest BCUT2D eigenvalue weighted by atomic mass is 16.6. The van der Waals surface area contributed by atoms with E-state index in [9.17, 15) is 34.2 Å². The lowest BCUT2D eigenvalue weighted by Gasteiger charge is -2.20. The highest BCUT2D eigenvalue weighted by Crippen LogP contribution is 2.33. The van der Waals surface area contributed by atoms with Crippen molar-refractivity contribution in [2.24, 2.45) is 0 Å². The SMILES string of the molecule is CC(=O)OC(C(=O)O)c1cccc(-c2ccc(C(C)(C)C)cc2)c1.[C-]#[N+]c1ncc(N)cn1.[C-]#[N+]c1ncc(NC(=O)C(O)c2cccc(-c3ccc(C(C)(C)C)cc3)c2)cn1.[C-]#[N+]c1ncc(NC(=O)C(OC(C)=O)c2cccc(-c3ccc(C(C)(C)C)cc3)c2)cn1. The predicted molar refractivity (Wildman–Crippen MR) is 360 cm³/mol. The zero-order valence-electron chi connectivity index (χ0n) is 53.9. The minimum atomic E-state index is -1.34. The number of carbonyl (C=O) groups is 5. The molecule has 6 aromatic carbocycles. The van der Waals surface area contributed by atoms with Crippen LogP contribution in [-0.4, -0.2) is 69.8 Å². The number of carboxylic acids is 1. The van der Waals surface area contributed by atoms with Gasteiger partial charge >= 0.3 is 35.8 Å². The van der Waals surface area contributed by atoms with Gasteiger partial charge in [-0.2, -0.15) is 29.9 Å². The molecule has 3 heterocycles. The van der Waals surface area contributed by atoms with Gasteiger partial charge in [0.05, 0.1) is 5.69 Å². The maximum Gasteiger partial charge on any atom is 0.371 e. The summed E-state index contributed by atoms with van der Waals surface area (Å²) in [6.45, 7) is 42.1. The first-order valence-corrected chi connectivity index (χ1v) is 29.3. The van der Waals surface area contributed by atoms with Gasteiger partial charge in [-0.15, -0.1) is 19.7 Å². The number of nitrogens with one attached hydrogen (secondary N) is 2. The summed E-state index contributed by atoms with van der Waals surface area (Å²) in [4.78, 5) is 91.2. The van der Waals surface area contributed by atoms with E-state index >= 15 is 0 Å². The third-order valence-corrected chi connectivity index (χ3v) is 13.9. The molecule has 9 rings (SSSR count). The molecule has 0 radical (unpaired) electrons. The molecule has 0 aliphatic heterocycles. The fourth-order valence-corrected chi connectivity index (χ4v) is 8.85. The number of ether oxygens (including phenoxy) is 2. The minimum Gasteiger partial charge on any atom is -0.478 e. The molecule has 0 spiro atoms. The first kappa shape index (κ1) is 71.2. The number of hydrogen-bond donors (Lipinski definition) is 5. The van der Waals surface area contributed by atoms with Gasteiger partial charge in [-0.25, -0.2) is 4.79 Å². The maximum atomic E-state index is 12.9. The number of aliphatic carboxylic acids is 1. The number of nitrogens with zero attached hydrogens (tertiary/aromatic N) is 9. The molecule has 0 aliphatic rings. The molecule has 21 nitrogen and oxygen atoms in total. The Labute approximate surface area is 546 Å². The second-order valence-corrected chi connectivity index (χ2v) is 24.3. The van der Waals surface area contributed by atoms with Crippen LogP contribution in [0.1, 0.15) is 128 Å². The van der Waals surface area contributed by atoms with Crippen LogP contribution in [0.5, 0.6) is 0 Å². The number of aliphatic hydroxyl groups is 1. The number of benzene rings is 6. The molecule has 9 aromatic rings. The molecule has 478 valence electrons. The highest BCUT2D eigenvalue weighted by molar-refractivity contribution is 5.96. The molecule has 94 heavy (non-hydrogen) atoms. The Hall–Kier alpha value is -11.9. The summed E-state index contributed by atoms with van der Waals surface area (Å²) in [5.74, 6) is -3.43. The summed E-state index contributed by atoms with van der Waals surface area (Å²) in [5, 5.41) is 25.0. The molecular formula is C73H72N12O9. The molecule has 0 aliphatic carbocycles. The Morgan fingerprint density at radius 2 is 0.734 bits per heavy atom. The molecule has 0 saturated heterocycles. The van der Waals surface area contributed by atoms with Crippen LogP contribution in [-0.2, 0) is 49.7 Å². The molecule has 0 bridgehead atoms. The molecule has 6 N–H and O–H groups in total. The molecule has 3 atom stereocenters. The van der Waals surface area contributed by atoms with E-state index in [1.807, 2.05) is 72.8 Å². The van der Waals surface area contributed by atoms with Crippen molar-refractivity contribution in [3.63, 3.8) is 0 Å². The topological polar surface area (TPSA) is 285 Å². The third kappa shape index (κ3) is 21.1. The van der Waals surface area contributed by atoms with Crippen LogP contribution >= 0.6 is 0 Å². The van der Waals surface area contributed by atoms with Gasteiger partial charge < -0.3 is 50.6 Å².